The largest absolute Gasteiger partial charge is 0.493 e. The van der Waals surface area contributed by atoms with Gasteiger partial charge in [-0.3, -0.25) is 0 Å². The molecule has 1 amide bonds. The molecule has 152 valence electrons. The van der Waals surface area contributed by atoms with Crippen LogP contribution in [0, 0.1) is 5.92 Å². The van der Waals surface area contributed by atoms with Gasteiger partial charge in [0.1, 0.15) is 17.2 Å². The van der Waals surface area contributed by atoms with E-state index in [-0.39, 0.29) is 6.04 Å². The molecular formula is C20H21N3O5S. The lowest BCUT2D eigenvalue weighted by Gasteiger charge is -2.08. The first-order chi connectivity index (χ1) is 14.1. The van der Waals surface area contributed by atoms with Crippen molar-refractivity contribution in [2.45, 2.75) is 25.8 Å². The monoisotopic (exact) mass is 415 g/mol. The van der Waals surface area contributed by atoms with Crippen molar-refractivity contribution < 1.29 is 23.5 Å². The predicted octanol–water partition coefficient (Wildman–Crippen LogP) is 4.80. The van der Waals surface area contributed by atoms with Crippen LogP contribution in [0.5, 0.6) is 16.7 Å². The maximum absolute atomic E-state index is 11.3. The maximum atomic E-state index is 11.3. The molecule has 3 aromatic rings. The Morgan fingerprint density at radius 1 is 1.31 bits per heavy atom. The number of nitrogens with one attached hydrogen (secondary N) is 1. The third-order valence-corrected chi connectivity index (χ3v) is 5.32. The minimum atomic E-state index is -0.534. The van der Waals surface area contributed by atoms with E-state index in [1.165, 1.54) is 31.3 Å². The van der Waals surface area contributed by atoms with Crippen molar-refractivity contribution in [3.8, 4) is 27.3 Å². The third-order valence-electron chi connectivity index (χ3n) is 4.42. The number of hydrogen-bond donors (Lipinski definition) is 1. The SMILES string of the molecule is COC(=O)NC(C)c1cc(-c2cnc(Oc3ccc(OCC4CC4)cc3)s2)no1. The first-order valence-corrected chi connectivity index (χ1v) is 10.1. The molecule has 2 heterocycles. The summed E-state index contributed by atoms with van der Waals surface area (Å²) in [5.74, 6) is 2.76. The van der Waals surface area contributed by atoms with Gasteiger partial charge in [0.2, 0.25) is 0 Å². The minimum absolute atomic E-state index is 0.368. The minimum Gasteiger partial charge on any atom is -0.493 e. The number of alkyl carbamates (subject to hydrolysis) is 1. The van der Waals surface area contributed by atoms with Crippen LogP contribution in [0.25, 0.3) is 10.6 Å². The molecule has 4 rings (SSSR count). The summed E-state index contributed by atoms with van der Waals surface area (Å²) in [5, 5.41) is 7.17. The van der Waals surface area contributed by atoms with E-state index in [1.807, 2.05) is 24.3 Å². The van der Waals surface area contributed by atoms with Crippen molar-refractivity contribution in [1.29, 1.82) is 0 Å². The van der Waals surface area contributed by atoms with E-state index in [4.69, 9.17) is 14.0 Å². The summed E-state index contributed by atoms with van der Waals surface area (Å²) < 4.78 is 21.4. The molecule has 0 spiro atoms. The number of nitrogens with zero attached hydrogens (tertiary/aromatic N) is 2. The molecule has 1 fully saturated rings. The van der Waals surface area contributed by atoms with Gasteiger partial charge in [-0.1, -0.05) is 16.5 Å². The van der Waals surface area contributed by atoms with Crippen LogP contribution in [0.3, 0.4) is 0 Å². The summed E-state index contributed by atoms with van der Waals surface area (Å²) in [6.45, 7) is 2.56. The zero-order valence-corrected chi connectivity index (χ0v) is 16.9. The Kier molecular flexibility index (Phi) is 5.66. The fraction of sp³-hybridized carbons (Fsp3) is 0.350. The second kappa shape index (κ2) is 8.52. The number of thiazole rings is 1. The van der Waals surface area contributed by atoms with Crippen LogP contribution in [-0.2, 0) is 4.74 Å². The van der Waals surface area contributed by atoms with Crippen molar-refractivity contribution in [1.82, 2.24) is 15.5 Å². The van der Waals surface area contributed by atoms with E-state index < -0.39 is 6.09 Å². The Morgan fingerprint density at radius 2 is 2.07 bits per heavy atom. The number of benzene rings is 1. The second-order valence-corrected chi connectivity index (χ2v) is 7.78. The highest BCUT2D eigenvalue weighted by molar-refractivity contribution is 7.16. The van der Waals surface area contributed by atoms with E-state index in [1.54, 1.807) is 19.2 Å². The van der Waals surface area contributed by atoms with Gasteiger partial charge in [0.15, 0.2) is 5.76 Å². The lowest BCUT2D eigenvalue weighted by atomic mass is 10.2. The lowest BCUT2D eigenvalue weighted by Crippen LogP contribution is -2.25. The first-order valence-electron chi connectivity index (χ1n) is 9.28. The van der Waals surface area contributed by atoms with Crippen LogP contribution in [0.15, 0.2) is 41.1 Å². The van der Waals surface area contributed by atoms with Crippen LogP contribution in [0.4, 0.5) is 4.79 Å². The number of aromatic nitrogens is 2. The first kappa shape index (κ1) is 19.3. The summed E-state index contributed by atoms with van der Waals surface area (Å²) in [7, 11) is 1.31. The lowest BCUT2D eigenvalue weighted by molar-refractivity contribution is 0.165. The van der Waals surface area contributed by atoms with Crippen molar-refractivity contribution in [3.63, 3.8) is 0 Å². The van der Waals surface area contributed by atoms with Gasteiger partial charge >= 0.3 is 6.09 Å². The summed E-state index contributed by atoms with van der Waals surface area (Å²) in [5.41, 5.74) is 0.620. The molecule has 1 atom stereocenters. The van der Waals surface area contributed by atoms with Crippen LogP contribution in [0.1, 0.15) is 31.6 Å². The Balaban J connectivity index is 1.36. The average Bonchev–Trinajstić information content (AvgIpc) is 3.22. The summed E-state index contributed by atoms with van der Waals surface area (Å²) in [6.07, 6.45) is 3.67. The topological polar surface area (TPSA) is 95.7 Å². The third kappa shape index (κ3) is 5.05. The molecule has 0 bridgehead atoms. The van der Waals surface area contributed by atoms with Gasteiger partial charge in [-0.05, 0) is 49.9 Å². The zero-order chi connectivity index (χ0) is 20.2. The number of methoxy groups -OCH3 is 1. The molecular weight excluding hydrogens is 394 g/mol. The van der Waals surface area contributed by atoms with Gasteiger partial charge in [0.25, 0.3) is 5.19 Å². The molecule has 1 N–H and O–H groups in total. The molecule has 1 aliphatic rings. The molecule has 1 aliphatic carbocycles. The van der Waals surface area contributed by atoms with Gasteiger partial charge < -0.3 is 24.1 Å². The van der Waals surface area contributed by atoms with E-state index >= 15 is 0 Å². The average molecular weight is 415 g/mol. The predicted molar refractivity (Wildman–Crippen MR) is 106 cm³/mol. The molecule has 2 aromatic heterocycles. The van der Waals surface area contributed by atoms with Crippen LogP contribution < -0.4 is 14.8 Å². The highest BCUT2D eigenvalue weighted by Crippen LogP contribution is 2.34. The van der Waals surface area contributed by atoms with Gasteiger partial charge in [-0.15, -0.1) is 0 Å². The van der Waals surface area contributed by atoms with Crippen LogP contribution in [-0.4, -0.2) is 30.0 Å². The normalized spacial score (nSPS) is 14.3. The fourth-order valence-electron chi connectivity index (χ4n) is 2.54. The van der Waals surface area contributed by atoms with Crippen molar-refractivity contribution >= 4 is 17.4 Å². The van der Waals surface area contributed by atoms with Gasteiger partial charge in [-0.25, -0.2) is 9.78 Å². The summed E-state index contributed by atoms with van der Waals surface area (Å²) in [6, 6.07) is 8.89. The number of carbonyl (C=O) groups is 1. The molecule has 0 aliphatic heterocycles. The number of amides is 1. The number of carbonyl (C=O) groups excluding carboxylic acids is 1. The van der Waals surface area contributed by atoms with Gasteiger partial charge in [0, 0.05) is 6.07 Å². The highest BCUT2D eigenvalue weighted by Gasteiger charge is 2.22. The summed E-state index contributed by atoms with van der Waals surface area (Å²) in [4.78, 5) is 16.4. The fourth-order valence-corrected chi connectivity index (χ4v) is 3.28. The molecule has 1 unspecified atom stereocenters. The second-order valence-electron chi connectivity index (χ2n) is 6.79. The Hall–Kier alpha value is -3.07. The number of hydrogen-bond acceptors (Lipinski definition) is 8. The zero-order valence-electron chi connectivity index (χ0n) is 16.1. The molecule has 8 nitrogen and oxygen atoms in total. The summed E-state index contributed by atoms with van der Waals surface area (Å²) >= 11 is 1.35. The number of rotatable bonds is 8. The van der Waals surface area contributed by atoms with Crippen LogP contribution >= 0.6 is 11.3 Å². The van der Waals surface area contributed by atoms with Gasteiger partial charge in [0.05, 0.1) is 30.8 Å². The van der Waals surface area contributed by atoms with Crippen molar-refractivity contribution in [3.05, 3.63) is 42.3 Å². The Labute approximate surface area is 171 Å². The van der Waals surface area contributed by atoms with Gasteiger partial charge in [-0.2, -0.15) is 0 Å². The van der Waals surface area contributed by atoms with E-state index in [2.05, 4.69) is 20.2 Å². The quantitative estimate of drug-likeness (QED) is 0.565. The van der Waals surface area contributed by atoms with Crippen molar-refractivity contribution in [2.75, 3.05) is 13.7 Å². The van der Waals surface area contributed by atoms with E-state index in [0.29, 0.717) is 22.4 Å². The van der Waals surface area contributed by atoms with Crippen molar-refractivity contribution in [2.24, 2.45) is 5.92 Å². The Bertz CT molecular complexity index is 965. The van der Waals surface area contributed by atoms with E-state index in [9.17, 15) is 4.79 Å². The smallest absolute Gasteiger partial charge is 0.407 e. The van der Waals surface area contributed by atoms with E-state index in [0.717, 1.165) is 23.2 Å². The Morgan fingerprint density at radius 3 is 2.79 bits per heavy atom. The highest BCUT2D eigenvalue weighted by atomic mass is 32.1. The standard InChI is InChI=1S/C20H21N3O5S/c1-12(22-19(24)25-2)17-9-16(23-28-17)18-10-21-20(29-18)27-15-7-5-14(6-8-15)26-11-13-3-4-13/h5-10,12-13H,3-4,11H2,1-2H3,(H,22,24). The van der Waals surface area contributed by atoms with Crippen LogP contribution in [0.2, 0.25) is 0 Å². The maximum Gasteiger partial charge on any atom is 0.407 e. The molecule has 1 aromatic carbocycles. The molecule has 29 heavy (non-hydrogen) atoms. The molecule has 9 heteroatoms. The molecule has 1 saturated carbocycles. The molecule has 0 radical (unpaired) electrons. The molecule has 0 saturated heterocycles. The number of ether oxygens (including phenoxy) is 3.